The molecule has 2 heteroatoms. The third-order valence-corrected chi connectivity index (χ3v) is 2.62. The molecule has 0 unspecified atom stereocenters. The van der Waals surface area contributed by atoms with E-state index in [1.807, 2.05) is 51.1 Å². The van der Waals surface area contributed by atoms with Crippen molar-refractivity contribution in [3.8, 4) is 5.75 Å². The van der Waals surface area contributed by atoms with Crippen molar-refractivity contribution in [3.05, 3.63) is 60.5 Å². The van der Waals surface area contributed by atoms with E-state index >= 15 is 0 Å². The first kappa shape index (κ1) is 19.2. The van der Waals surface area contributed by atoms with Crippen molar-refractivity contribution in [2.75, 3.05) is 6.61 Å². The summed E-state index contributed by atoms with van der Waals surface area (Å²) in [5.41, 5.74) is 2.21. The number of hydrogen-bond donors (Lipinski definition) is 0. The highest BCUT2D eigenvalue weighted by Crippen LogP contribution is 2.21. The normalized spacial score (nSPS) is 11.8. The standard InChI is InChI=1S/C17H23NO.C2H6/c1-6-8-14(9-7-2)13-19-15-10-11-16(18-12-15)17(3,4)5;1-2/h6-12H,1,13H2,2-5H3;1-2H3/b9-7-,14-8+;. The molecule has 1 aromatic heterocycles. The predicted octanol–water partition coefficient (Wildman–Crippen LogP) is 5.47. The van der Waals surface area contributed by atoms with Gasteiger partial charge in [-0.2, -0.15) is 0 Å². The van der Waals surface area contributed by atoms with Gasteiger partial charge in [0.05, 0.1) is 6.20 Å². The molecule has 1 heterocycles. The Morgan fingerprint density at radius 1 is 1.29 bits per heavy atom. The second-order valence-electron chi connectivity index (χ2n) is 5.40. The van der Waals surface area contributed by atoms with Crippen molar-refractivity contribution in [1.82, 2.24) is 4.98 Å². The van der Waals surface area contributed by atoms with Gasteiger partial charge in [0.25, 0.3) is 0 Å². The van der Waals surface area contributed by atoms with Gasteiger partial charge in [0, 0.05) is 11.1 Å². The van der Waals surface area contributed by atoms with Gasteiger partial charge in [0.15, 0.2) is 0 Å². The molecule has 0 aliphatic heterocycles. The first-order valence-corrected chi connectivity index (χ1v) is 7.51. The van der Waals surface area contributed by atoms with E-state index in [1.165, 1.54) is 0 Å². The van der Waals surface area contributed by atoms with Gasteiger partial charge in [0.2, 0.25) is 0 Å². The minimum absolute atomic E-state index is 0.0668. The summed E-state index contributed by atoms with van der Waals surface area (Å²) >= 11 is 0. The Labute approximate surface area is 130 Å². The van der Waals surface area contributed by atoms with Crippen LogP contribution >= 0.6 is 0 Å². The summed E-state index contributed by atoms with van der Waals surface area (Å²) < 4.78 is 5.71. The highest BCUT2D eigenvalue weighted by atomic mass is 16.5. The molecule has 0 aromatic carbocycles. The molecule has 0 saturated heterocycles. The first-order valence-electron chi connectivity index (χ1n) is 7.51. The van der Waals surface area contributed by atoms with Crippen LogP contribution in [-0.2, 0) is 5.41 Å². The van der Waals surface area contributed by atoms with Crippen LogP contribution in [0.3, 0.4) is 0 Å². The molecule has 0 aliphatic rings. The number of allylic oxidation sites excluding steroid dienone is 3. The summed E-state index contributed by atoms with van der Waals surface area (Å²) in [5.74, 6) is 0.785. The molecule has 116 valence electrons. The lowest BCUT2D eigenvalue weighted by atomic mass is 9.92. The zero-order chi connectivity index (χ0) is 16.3. The zero-order valence-corrected chi connectivity index (χ0v) is 14.3. The summed E-state index contributed by atoms with van der Waals surface area (Å²) in [4.78, 5) is 4.44. The largest absolute Gasteiger partial charge is 0.487 e. The molecule has 21 heavy (non-hydrogen) atoms. The van der Waals surface area contributed by atoms with Crippen molar-refractivity contribution in [3.63, 3.8) is 0 Å². The summed E-state index contributed by atoms with van der Waals surface area (Å²) in [6, 6.07) is 3.98. The molecule has 0 aliphatic carbocycles. The Morgan fingerprint density at radius 2 is 1.95 bits per heavy atom. The Hall–Kier alpha value is -1.83. The lowest BCUT2D eigenvalue weighted by Crippen LogP contribution is -2.13. The molecule has 0 N–H and O–H groups in total. The van der Waals surface area contributed by atoms with E-state index in [1.54, 1.807) is 12.3 Å². The third-order valence-electron chi connectivity index (χ3n) is 2.62. The SMILES string of the molecule is C=C/C=C(\C=C/C)COc1ccc(C(C)(C)C)nc1.CC. The monoisotopic (exact) mass is 287 g/mol. The maximum atomic E-state index is 5.71. The second kappa shape index (κ2) is 9.98. The smallest absolute Gasteiger partial charge is 0.138 e. The zero-order valence-electron chi connectivity index (χ0n) is 14.3. The molecule has 2 nitrogen and oxygen atoms in total. The summed E-state index contributed by atoms with van der Waals surface area (Å²) in [5, 5.41) is 0. The number of rotatable bonds is 5. The quantitative estimate of drug-likeness (QED) is 0.670. The van der Waals surface area contributed by atoms with E-state index in [4.69, 9.17) is 4.74 Å². The minimum Gasteiger partial charge on any atom is -0.487 e. The van der Waals surface area contributed by atoms with E-state index < -0.39 is 0 Å². The highest BCUT2D eigenvalue weighted by molar-refractivity contribution is 5.27. The maximum absolute atomic E-state index is 5.71. The topological polar surface area (TPSA) is 22.1 Å². The Bertz CT molecular complexity index is 461. The second-order valence-corrected chi connectivity index (χ2v) is 5.40. The predicted molar refractivity (Wildman–Crippen MR) is 92.9 cm³/mol. The van der Waals surface area contributed by atoms with Gasteiger partial charge in [-0.15, -0.1) is 0 Å². The van der Waals surface area contributed by atoms with Crippen LogP contribution in [0.4, 0.5) is 0 Å². The number of ether oxygens (including phenoxy) is 1. The van der Waals surface area contributed by atoms with E-state index in [0.29, 0.717) is 6.61 Å². The van der Waals surface area contributed by atoms with Gasteiger partial charge in [-0.3, -0.25) is 4.98 Å². The van der Waals surface area contributed by atoms with Crippen molar-refractivity contribution in [2.45, 2.75) is 47.0 Å². The average molecular weight is 287 g/mol. The molecule has 1 rings (SSSR count). The average Bonchev–Trinajstić information content (AvgIpc) is 2.47. The highest BCUT2D eigenvalue weighted by Gasteiger charge is 2.14. The van der Waals surface area contributed by atoms with Crippen LogP contribution in [0.25, 0.3) is 0 Å². The van der Waals surface area contributed by atoms with Gasteiger partial charge in [0.1, 0.15) is 12.4 Å². The van der Waals surface area contributed by atoms with E-state index in [2.05, 4.69) is 32.3 Å². The van der Waals surface area contributed by atoms with E-state index in [0.717, 1.165) is 17.0 Å². The van der Waals surface area contributed by atoms with E-state index in [-0.39, 0.29) is 5.41 Å². The number of aromatic nitrogens is 1. The van der Waals surface area contributed by atoms with Gasteiger partial charge in [-0.25, -0.2) is 0 Å². The molecule has 0 radical (unpaired) electrons. The van der Waals surface area contributed by atoms with Crippen LogP contribution < -0.4 is 4.74 Å². The molecule has 0 amide bonds. The molecule has 0 fully saturated rings. The lowest BCUT2D eigenvalue weighted by molar-refractivity contribution is 0.353. The van der Waals surface area contributed by atoms with Gasteiger partial charge in [-0.1, -0.05) is 65.5 Å². The fourth-order valence-corrected chi connectivity index (χ4v) is 1.59. The molecule has 0 saturated carbocycles. The van der Waals surface area contributed by atoms with Crippen molar-refractivity contribution in [1.29, 1.82) is 0 Å². The summed E-state index contributed by atoms with van der Waals surface area (Å²) in [7, 11) is 0. The Morgan fingerprint density at radius 3 is 2.38 bits per heavy atom. The van der Waals surface area contributed by atoms with E-state index in [9.17, 15) is 0 Å². The fraction of sp³-hybridized carbons (Fsp3) is 0.421. The fourth-order valence-electron chi connectivity index (χ4n) is 1.59. The van der Waals surface area contributed by atoms with Crippen LogP contribution in [0.5, 0.6) is 5.75 Å². The molecular weight excluding hydrogens is 258 g/mol. The van der Waals surface area contributed by atoms with Crippen LogP contribution in [0.1, 0.15) is 47.2 Å². The minimum atomic E-state index is 0.0668. The van der Waals surface area contributed by atoms with Crippen LogP contribution in [0, 0.1) is 0 Å². The van der Waals surface area contributed by atoms with Crippen molar-refractivity contribution in [2.24, 2.45) is 0 Å². The molecular formula is C19H29NO. The van der Waals surface area contributed by atoms with Gasteiger partial charge >= 0.3 is 0 Å². The third kappa shape index (κ3) is 7.50. The molecule has 0 spiro atoms. The van der Waals surface area contributed by atoms with Crippen molar-refractivity contribution >= 4 is 0 Å². The first-order chi connectivity index (χ1) is 9.97. The molecule has 0 atom stereocenters. The van der Waals surface area contributed by atoms with Gasteiger partial charge in [-0.05, 0) is 24.6 Å². The lowest BCUT2D eigenvalue weighted by Gasteiger charge is -2.17. The Balaban J connectivity index is 0.00000191. The maximum Gasteiger partial charge on any atom is 0.138 e. The number of hydrogen-bond acceptors (Lipinski definition) is 2. The van der Waals surface area contributed by atoms with Crippen LogP contribution in [-0.4, -0.2) is 11.6 Å². The number of pyridine rings is 1. The summed E-state index contributed by atoms with van der Waals surface area (Å²) in [6.07, 6.45) is 9.48. The van der Waals surface area contributed by atoms with Crippen LogP contribution in [0.2, 0.25) is 0 Å². The summed E-state index contributed by atoms with van der Waals surface area (Å²) in [6.45, 7) is 16.6. The Kier molecular flexibility index (Phi) is 9.11. The van der Waals surface area contributed by atoms with Gasteiger partial charge < -0.3 is 4.74 Å². The van der Waals surface area contributed by atoms with Crippen LogP contribution in [0.15, 0.2) is 54.8 Å². The number of nitrogens with zero attached hydrogens (tertiary/aromatic N) is 1. The molecule has 1 aromatic rings. The van der Waals surface area contributed by atoms with Crippen molar-refractivity contribution < 1.29 is 4.74 Å². The molecule has 0 bridgehead atoms.